The Labute approximate surface area is 100 Å². The Kier molecular flexibility index (Phi) is 4.48. The molecule has 0 amide bonds. The number of carboxylic acid groups (broad SMARTS) is 1. The third-order valence-electron chi connectivity index (χ3n) is 2.26. The Morgan fingerprint density at radius 2 is 2.06 bits per heavy atom. The molecule has 0 aliphatic carbocycles. The van der Waals surface area contributed by atoms with Gasteiger partial charge in [-0.1, -0.05) is 32.9 Å². The van der Waals surface area contributed by atoms with E-state index in [1.807, 2.05) is 27.7 Å². The van der Waals surface area contributed by atoms with E-state index in [0.29, 0.717) is 12.2 Å². The summed E-state index contributed by atoms with van der Waals surface area (Å²) in [6.45, 7) is 7.81. The lowest BCUT2D eigenvalue weighted by Crippen LogP contribution is -2.30. The molecule has 0 aliphatic heterocycles. The van der Waals surface area contributed by atoms with Gasteiger partial charge < -0.3 is 14.9 Å². The molecular formula is C11H19N3O3. The van der Waals surface area contributed by atoms with Gasteiger partial charge in [0, 0.05) is 5.92 Å². The van der Waals surface area contributed by atoms with Gasteiger partial charge in [-0.2, -0.15) is 4.98 Å². The highest BCUT2D eigenvalue weighted by atomic mass is 16.5. The Balaban J connectivity index is 2.68. The Morgan fingerprint density at radius 1 is 1.41 bits per heavy atom. The molecule has 0 saturated heterocycles. The first-order valence-electron chi connectivity index (χ1n) is 5.73. The number of nitrogens with one attached hydrogen (secondary N) is 1. The van der Waals surface area contributed by atoms with Crippen LogP contribution in [0.15, 0.2) is 4.52 Å². The van der Waals surface area contributed by atoms with Crippen molar-refractivity contribution in [2.75, 3.05) is 5.32 Å². The SMILES string of the molecule is CC(C)C[C@@H](Nc1nc(C(C)C)no1)C(=O)O. The average Bonchev–Trinajstić information content (AvgIpc) is 2.64. The van der Waals surface area contributed by atoms with E-state index in [1.165, 1.54) is 0 Å². The van der Waals surface area contributed by atoms with Crippen LogP contribution in [0.5, 0.6) is 0 Å². The van der Waals surface area contributed by atoms with E-state index >= 15 is 0 Å². The lowest BCUT2D eigenvalue weighted by atomic mass is 10.0. The van der Waals surface area contributed by atoms with Crippen molar-refractivity contribution in [2.45, 2.75) is 46.1 Å². The molecule has 96 valence electrons. The zero-order valence-corrected chi connectivity index (χ0v) is 10.6. The van der Waals surface area contributed by atoms with E-state index in [4.69, 9.17) is 9.63 Å². The minimum Gasteiger partial charge on any atom is -0.480 e. The van der Waals surface area contributed by atoms with Crippen molar-refractivity contribution >= 4 is 12.0 Å². The van der Waals surface area contributed by atoms with E-state index in [1.54, 1.807) is 0 Å². The van der Waals surface area contributed by atoms with Crippen LogP contribution in [0.25, 0.3) is 0 Å². The molecule has 0 spiro atoms. The molecule has 1 rings (SSSR count). The lowest BCUT2D eigenvalue weighted by molar-refractivity contribution is -0.138. The summed E-state index contributed by atoms with van der Waals surface area (Å²) in [7, 11) is 0. The van der Waals surface area contributed by atoms with Gasteiger partial charge in [0.2, 0.25) is 0 Å². The normalized spacial score (nSPS) is 13.1. The molecule has 0 bridgehead atoms. The summed E-state index contributed by atoms with van der Waals surface area (Å²) in [6, 6.07) is -0.530. The Morgan fingerprint density at radius 3 is 2.47 bits per heavy atom. The Hall–Kier alpha value is -1.59. The predicted molar refractivity (Wildman–Crippen MR) is 62.9 cm³/mol. The summed E-state index contributed by atoms with van der Waals surface area (Å²) in [5.41, 5.74) is 0. The van der Waals surface area contributed by atoms with Gasteiger partial charge in [0.25, 0.3) is 0 Å². The Bertz CT molecular complexity index is 374. The number of carboxylic acids is 1. The largest absolute Gasteiger partial charge is 0.480 e. The van der Waals surface area contributed by atoms with Gasteiger partial charge in [0.15, 0.2) is 5.82 Å². The van der Waals surface area contributed by atoms with Gasteiger partial charge in [0.1, 0.15) is 6.04 Å². The summed E-state index contributed by atoms with van der Waals surface area (Å²) in [6.07, 6.45) is 0.509. The first-order valence-corrected chi connectivity index (χ1v) is 5.73. The number of aromatic nitrogens is 2. The number of anilines is 1. The van der Waals surface area contributed by atoms with Crippen molar-refractivity contribution in [2.24, 2.45) is 5.92 Å². The van der Waals surface area contributed by atoms with Crippen LogP contribution >= 0.6 is 0 Å². The van der Waals surface area contributed by atoms with E-state index in [0.717, 1.165) is 0 Å². The number of aliphatic carboxylic acids is 1. The fourth-order valence-electron chi connectivity index (χ4n) is 1.37. The van der Waals surface area contributed by atoms with Crippen molar-refractivity contribution in [3.8, 4) is 0 Å². The highest BCUT2D eigenvalue weighted by Gasteiger charge is 2.21. The summed E-state index contributed by atoms with van der Waals surface area (Å²) in [5, 5.41) is 15.6. The average molecular weight is 241 g/mol. The van der Waals surface area contributed by atoms with E-state index in [9.17, 15) is 4.79 Å². The molecule has 0 radical (unpaired) electrons. The fourth-order valence-corrected chi connectivity index (χ4v) is 1.37. The van der Waals surface area contributed by atoms with Gasteiger partial charge >= 0.3 is 12.0 Å². The quantitative estimate of drug-likeness (QED) is 0.793. The van der Waals surface area contributed by atoms with E-state index < -0.39 is 12.0 Å². The number of rotatable bonds is 6. The van der Waals surface area contributed by atoms with Crippen molar-refractivity contribution in [1.82, 2.24) is 10.1 Å². The molecule has 6 heteroatoms. The van der Waals surface area contributed by atoms with E-state index in [-0.39, 0.29) is 17.9 Å². The second-order valence-electron chi connectivity index (χ2n) is 4.78. The molecule has 0 aliphatic rings. The topological polar surface area (TPSA) is 88.3 Å². The van der Waals surface area contributed by atoms with E-state index in [2.05, 4.69) is 15.5 Å². The van der Waals surface area contributed by atoms with Crippen LogP contribution in [0.2, 0.25) is 0 Å². The molecule has 1 heterocycles. The zero-order chi connectivity index (χ0) is 13.0. The summed E-state index contributed by atoms with van der Waals surface area (Å²) in [5.74, 6) is 0.0861. The minimum atomic E-state index is -0.914. The first kappa shape index (κ1) is 13.5. The fraction of sp³-hybridized carbons (Fsp3) is 0.727. The van der Waals surface area contributed by atoms with Crippen molar-refractivity contribution in [1.29, 1.82) is 0 Å². The third kappa shape index (κ3) is 4.05. The van der Waals surface area contributed by atoms with Crippen molar-refractivity contribution in [3.05, 3.63) is 5.82 Å². The number of hydrogen-bond acceptors (Lipinski definition) is 5. The minimum absolute atomic E-state index is 0.155. The molecule has 0 unspecified atom stereocenters. The molecule has 2 N–H and O–H groups in total. The molecule has 1 atom stereocenters. The maximum atomic E-state index is 11.0. The predicted octanol–water partition coefficient (Wildman–Crippen LogP) is 2.10. The third-order valence-corrected chi connectivity index (χ3v) is 2.26. The van der Waals surface area contributed by atoms with Crippen LogP contribution in [0, 0.1) is 5.92 Å². The van der Waals surface area contributed by atoms with Crippen LogP contribution < -0.4 is 5.32 Å². The highest BCUT2D eigenvalue weighted by molar-refractivity contribution is 5.76. The number of carbonyl (C=O) groups is 1. The van der Waals surface area contributed by atoms with Crippen LogP contribution in [-0.2, 0) is 4.79 Å². The van der Waals surface area contributed by atoms with Crippen LogP contribution in [0.4, 0.5) is 6.01 Å². The van der Waals surface area contributed by atoms with Gasteiger partial charge in [0.05, 0.1) is 0 Å². The van der Waals surface area contributed by atoms with Crippen LogP contribution in [0.1, 0.15) is 45.9 Å². The molecule has 0 saturated carbocycles. The first-order chi connectivity index (χ1) is 7.90. The number of nitrogens with zero attached hydrogens (tertiary/aromatic N) is 2. The van der Waals surface area contributed by atoms with Crippen LogP contribution in [-0.4, -0.2) is 27.3 Å². The molecule has 1 aromatic rings. The maximum absolute atomic E-state index is 11.0. The van der Waals surface area contributed by atoms with Crippen molar-refractivity contribution in [3.63, 3.8) is 0 Å². The van der Waals surface area contributed by atoms with Crippen molar-refractivity contribution < 1.29 is 14.4 Å². The van der Waals surface area contributed by atoms with Crippen LogP contribution in [0.3, 0.4) is 0 Å². The summed E-state index contributed by atoms with van der Waals surface area (Å²) < 4.78 is 4.95. The molecule has 1 aromatic heterocycles. The maximum Gasteiger partial charge on any atom is 0.326 e. The lowest BCUT2D eigenvalue weighted by Gasteiger charge is -2.14. The molecule has 17 heavy (non-hydrogen) atoms. The van der Waals surface area contributed by atoms with Gasteiger partial charge in [-0.05, 0) is 12.3 Å². The molecule has 0 aromatic carbocycles. The zero-order valence-electron chi connectivity index (χ0n) is 10.6. The summed E-state index contributed by atoms with van der Waals surface area (Å²) >= 11 is 0. The monoisotopic (exact) mass is 241 g/mol. The smallest absolute Gasteiger partial charge is 0.326 e. The summed E-state index contributed by atoms with van der Waals surface area (Å²) in [4.78, 5) is 15.1. The van der Waals surface area contributed by atoms with Gasteiger partial charge in [-0.3, -0.25) is 0 Å². The number of hydrogen-bond donors (Lipinski definition) is 2. The van der Waals surface area contributed by atoms with Gasteiger partial charge in [-0.15, -0.1) is 0 Å². The van der Waals surface area contributed by atoms with Gasteiger partial charge in [-0.25, -0.2) is 4.79 Å². The highest BCUT2D eigenvalue weighted by Crippen LogP contribution is 2.15. The molecule has 0 fully saturated rings. The standard InChI is InChI=1S/C11H19N3O3/c1-6(2)5-8(10(15)16)12-11-13-9(7(3)4)14-17-11/h6-8H,5H2,1-4H3,(H,15,16)(H,12,13,14)/t8-/m1/s1. The molecule has 6 nitrogen and oxygen atoms in total. The molecular weight excluding hydrogens is 222 g/mol. The second-order valence-corrected chi connectivity index (χ2v) is 4.78. The second kappa shape index (κ2) is 5.65.